The first-order valence-electron chi connectivity index (χ1n) is 4.73. The first kappa shape index (κ1) is 4.83. The molecule has 1 spiro atoms. The van der Waals surface area contributed by atoms with Crippen LogP contribution in [0.4, 0.5) is 0 Å². The first-order chi connectivity index (χ1) is 5.45. The quantitative estimate of drug-likeness (QED) is 0.500. The largest absolute Gasteiger partial charge is 0.347 e. The highest BCUT2D eigenvalue weighted by Gasteiger charge is 2.98. The molecular weight excluding hydrogens is 140 g/mol. The molecule has 0 unspecified atom stereocenters. The van der Waals surface area contributed by atoms with Crippen molar-refractivity contribution in [2.75, 3.05) is 13.2 Å². The number of hydrogen-bond acceptors (Lipinski definition) is 2. The van der Waals surface area contributed by atoms with Crippen molar-refractivity contribution in [3.05, 3.63) is 0 Å². The average molecular weight is 150 g/mol. The van der Waals surface area contributed by atoms with Gasteiger partial charge in [-0.1, -0.05) is 0 Å². The maximum atomic E-state index is 5.81. The van der Waals surface area contributed by atoms with Gasteiger partial charge in [-0.05, 0) is 23.7 Å². The van der Waals surface area contributed by atoms with Gasteiger partial charge in [0.05, 0.1) is 13.2 Å². The fourth-order valence-electron chi connectivity index (χ4n) is 4.68. The molecule has 2 bridgehead atoms. The van der Waals surface area contributed by atoms with Gasteiger partial charge in [-0.2, -0.15) is 0 Å². The molecule has 1 aliphatic heterocycles. The summed E-state index contributed by atoms with van der Waals surface area (Å²) < 4.78 is 11.6. The second kappa shape index (κ2) is 1.01. The lowest BCUT2D eigenvalue weighted by atomic mass is 10.0. The fraction of sp³-hybridized carbons (Fsp3) is 1.00. The molecule has 0 amide bonds. The molecule has 2 nitrogen and oxygen atoms in total. The van der Waals surface area contributed by atoms with Gasteiger partial charge in [0.15, 0.2) is 5.79 Å². The van der Waals surface area contributed by atoms with E-state index < -0.39 is 0 Å². The van der Waals surface area contributed by atoms with Crippen molar-refractivity contribution >= 4 is 0 Å². The lowest BCUT2D eigenvalue weighted by Gasteiger charge is -2.22. The third kappa shape index (κ3) is 0.260. The molecule has 6 aliphatic rings. The summed E-state index contributed by atoms with van der Waals surface area (Å²) in [6.45, 7) is 1.71. The molecular formula is C9H10O2. The monoisotopic (exact) mass is 150 g/mol. The standard InChI is InChI=1S/C9H10O2/c1-2-11-9(10-1)7-3-4(7)6-5(3)8(6)9/h3-8H,1-2H2. The minimum Gasteiger partial charge on any atom is -0.347 e. The lowest BCUT2D eigenvalue weighted by Crippen LogP contribution is -2.32. The van der Waals surface area contributed by atoms with E-state index in [4.69, 9.17) is 9.47 Å². The SMILES string of the molecule is C1COC2(O1)C1C3C1C1C3C12. The van der Waals surface area contributed by atoms with Crippen LogP contribution in [-0.4, -0.2) is 19.0 Å². The Labute approximate surface area is 64.9 Å². The molecule has 0 aromatic rings. The maximum absolute atomic E-state index is 5.81. The summed E-state index contributed by atoms with van der Waals surface area (Å²) in [5, 5.41) is 0. The Balaban J connectivity index is 1.76. The lowest BCUT2D eigenvalue weighted by molar-refractivity contribution is -0.175. The van der Waals surface area contributed by atoms with Crippen molar-refractivity contribution in [2.45, 2.75) is 5.79 Å². The first-order valence-corrected chi connectivity index (χ1v) is 4.73. The predicted molar refractivity (Wildman–Crippen MR) is 35.6 cm³/mol. The number of ether oxygens (including phenoxy) is 2. The van der Waals surface area contributed by atoms with Gasteiger partial charge in [-0.3, -0.25) is 0 Å². The van der Waals surface area contributed by atoms with Gasteiger partial charge in [0.25, 0.3) is 0 Å². The van der Waals surface area contributed by atoms with E-state index in [1.807, 2.05) is 0 Å². The van der Waals surface area contributed by atoms with Crippen LogP contribution in [-0.2, 0) is 9.47 Å². The van der Waals surface area contributed by atoms with E-state index in [0.717, 1.165) is 48.7 Å². The molecule has 58 valence electrons. The minimum absolute atomic E-state index is 0.00926. The van der Waals surface area contributed by atoms with Crippen LogP contribution >= 0.6 is 0 Å². The Morgan fingerprint density at radius 1 is 0.818 bits per heavy atom. The highest BCUT2D eigenvalue weighted by Crippen LogP contribution is 2.95. The van der Waals surface area contributed by atoms with Crippen molar-refractivity contribution in [1.29, 1.82) is 0 Å². The van der Waals surface area contributed by atoms with Crippen molar-refractivity contribution in [3.63, 3.8) is 0 Å². The summed E-state index contributed by atoms with van der Waals surface area (Å²) in [6, 6.07) is 0. The van der Waals surface area contributed by atoms with Crippen LogP contribution in [0.1, 0.15) is 0 Å². The van der Waals surface area contributed by atoms with Crippen molar-refractivity contribution in [3.8, 4) is 0 Å². The van der Waals surface area contributed by atoms with E-state index in [-0.39, 0.29) is 5.79 Å². The smallest absolute Gasteiger partial charge is 0.175 e. The van der Waals surface area contributed by atoms with Crippen molar-refractivity contribution < 1.29 is 9.47 Å². The zero-order valence-corrected chi connectivity index (χ0v) is 6.19. The van der Waals surface area contributed by atoms with Crippen LogP contribution < -0.4 is 0 Å². The molecule has 0 N–H and O–H groups in total. The summed E-state index contributed by atoms with van der Waals surface area (Å²) in [7, 11) is 0. The molecule has 11 heavy (non-hydrogen) atoms. The van der Waals surface area contributed by atoms with Gasteiger partial charge in [-0.15, -0.1) is 0 Å². The molecule has 5 saturated carbocycles. The van der Waals surface area contributed by atoms with Crippen LogP contribution in [0.25, 0.3) is 0 Å². The summed E-state index contributed by atoms with van der Waals surface area (Å²) in [4.78, 5) is 0. The maximum Gasteiger partial charge on any atom is 0.175 e. The molecule has 5 aliphatic carbocycles. The van der Waals surface area contributed by atoms with Gasteiger partial charge < -0.3 is 9.47 Å². The molecule has 0 aromatic carbocycles. The van der Waals surface area contributed by atoms with Gasteiger partial charge in [0.2, 0.25) is 0 Å². The summed E-state index contributed by atoms with van der Waals surface area (Å²) in [5.41, 5.74) is 0. The Morgan fingerprint density at radius 2 is 1.27 bits per heavy atom. The van der Waals surface area contributed by atoms with Crippen molar-refractivity contribution in [1.82, 2.24) is 0 Å². The normalized spacial score (nSPS) is 76.4. The second-order valence-corrected chi connectivity index (χ2v) is 4.78. The molecule has 0 aromatic heterocycles. The van der Waals surface area contributed by atoms with E-state index in [0.29, 0.717) is 0 Å². The van der Waals surface area contributed by atoms with E-state index in [1.165, 1.54) is 0 Å². The summed E-state index contributed by atoms with van der Waals surface area (Å²) in [6.07, 6.45) is 0. The Kier molecular flexibility index (Phi) is 0.444. The molecule has 0 radical (unpaired) electrons. The third-order valence-corrected chi connectivity index (χ3v) is 4.82. The Bertz CT molecular complexity index is 223. The van der Waals surface area contributed by atoms with Gasteiger partial charge in [-0.25, -0.2) is 0 Å². The molecule has 6 fully saturated rings. The zero-order valence-electron chi connectivity index (χ0n) is 6.19. The topological polar surface area (TPSA) is 18.5 Å². The van der Waals surface area contributed by atoms with Crippen molar-refractivity contribution in [2.24, 2.45) is 35.5 Å². The zero-order chi connectivity index (χ0) is 6.79. The average Bonchev–Trinajstić information content (AvgIpc) is 2.62. The highest BCUT2D eigenvalue weighted by molar-refractivity contribution is 5.42. The molecule has 2 heteroatoms. The van der Waals surface area contributed by atoms with Crippen LogP contribution in [0.5, 0.6) is 0 Å². The van der Waals surface area contributed by atoms with E-state index in [9.17, 15) is 0 Å². The number of hydrogen-bond donors (Lipinski definition) is 0. The fourth-order valence-corrected chi connectivity index (χ4v) is 4.68. The Hall–Kier alpha value is -0.0800. The predicted octanol–water partition coefficient (Wildman–Crippen LogP) is 0.481. The third-order valence-electron chi connectivity index (χ3n) is 4.82. The van der Waals surface area contributed by atoms with Gasteiger partial charge in [0.1, 0.15) is 0 Å². The molecule has 0 atom stereocenters. The van der Waals surface area contributed by atoms with Gasteiger partial charge in [0, 0.05) is 11.8 Å². The van der Waals surface area contributed by atoms with E-state index in [2.05, 4.69) is 0 Å². The van der Waals surface area contributed by atoms with Crippen LogP contribution in [0.15, 0.2) is 0 Å². The molecule has 1 heterocycles. The van der Waals surface area contributed by atoms with Crippen LogP contribution in [0.3, 0.4) is 0 Å². The highest BCUT2D eigenvalue weighted by atomic mass is 16.7. The second-order valence-electron chi connectivity index (χ2n) is 4.78. The summed E-state index contributed by atoms with van der Waals surface area (Å²) >= 11 is 0. The summed E-state index contributed by atoms with van der Waals surface area (Å²) in [5.74, 6) is 5.93. The molecule has 1 saturated heterocycles. The van der Waals surface area contributed by atoms with Crippen LogP contribution in [0.2, 0.25) is 0 Å². The minimum atomic E-state index is -0.00926. The van der Waals surface area contributed by atoms with Gasteiger partial charge >= 0.3 is 0 Å². The molecule has 6 rings (SSSR count). The Morgan fingerprint density at radius 3 is 1.73 bits per heavy atom. The van der Waals surface area contributed by atoms with E-state index in [1.54, 1.807) is 0 Å². The van der Waals surface area contributed by atoms with Crippen LogP contribution in [0, 0.1) is 35.5 Å². The number of rotatable bonds is 0. The van der Waals surface area contributed by atoms with E-state index >= 15 is 0 Å².